The van der Waals surface area contributed by atoms with Crippen molar-refractivity contribution in [3.8, 4) is 0 Å². The maximum Gasteiger partial charge on any atom is 0.197 e. The van der Waals surface area contributed by atoms with E-state index in [0.29, 0.717) is 0 Å². The summed E-state index contributed by atoms with van der Waals surface area (Å²) in [4.78, 5) is 4.50. The van der Waals surface area contributed by atoms with E-state index in [0.717, 1.165) is 42.7 Å². The smallest absolute Gasteiger partial charge is 0.197 e. The van der Waals surface area contributed by atoms with Crippen LogP contribution in [0, 0.1) is 0 Å². The average Bonchev–Trinajstić information content (AvgIpc) is 2.69. The molecule has 1 aromatic carbocycles. The number of aryl methyl sites for hydroxylation is 1. The first kappa shape index (κ1) is 12.1. The summed E-state index contributed by atoms with van der Waals surface area (Å²) >= 11 is 0. The number of hydrogen-bond donors (Lipinski definition) is 1. The van der Waals surface area contributed by atoms with Gasteiger partial charge in [0.1, 0.15) is 5.52 Å². The van der Waals surface area contributed by atoms with Crippen LogP contribution in [0.15, 0.2) is 22.6 Å². The fraction of sp³-hybridized carbons (Fsp3) is 0.500. The number of oxazole rings is 1. The van der Waals surface area contributed by atoms with E-state index in [9.17, 15) is 0 Å². The number of aromatic nitrogens is 1. The average molecular weight is 232 g/mol. The Balaban J connectivity index is 2.19. The molecule has 2 rings (SSSR count). The van der Waals surface area contributed by atoms with Crippen LogP contribution in [0.2, 0.25) is 0 Å². The van der Waals surface area contributed by atoms with E-state index in [1.807, 2.05) is 6.07 Å². The van der Waals surface area contributed by atoms with Gasteiger partial charge in [0.25, 0.3) is 0 Å². The van der Waals surface area contributed by atoms with Crippen LogP contribution in [0.25, 0.3) is 11.1 Å². The molecule has 3 nitrogen and oxygen atoms in total. The molecule has 0 fully saturated rings. The summed E-state index contributed by atoms with van der Waals surface area (Å²) < 4.78 is 5.69. The summed E-state index contributed by atoms with van der Waals surface area (Å²) in [6, 6.07) is 6.33. The highest BCUT2D eigenvalue weighted by Gasteiger charge is 2.10. The van der Waals surface area contributed by atoms with E-state index in [1.54, 1.807) is 0 Å². The first-order chi connectivity index (χ1) is 8.22. The van der Waals surface area contributed by atoms with Crippen LogP contribution in [-0.4, -0.2) is 11.0 Å². The van der Waals surface area contributed by atoms with Crippen molar-refractivity contribution in [1.29, 1.82) is 0 Å². The molecule has 2 aromatic rings. The summed E-state index contributed by atoms with van der Waals surface area (Å²) in [6.45, 7) is 4.28. The predicted molar refractivity (Wildman–Crippen MR) is 70.0 cm³/mol. The second-order valence-corrected chi connectivity index (χ2v) is 4.52. The Morgan fingerprint density at radius 3 is 2.88 bits per heavy atom. The Hall–Kier alpha value is -1.35. The van der Waals surface area contributed by atoms with Crippen LogP contribution in [0.1, 0.15) is 38.1 Å². The molecule has 0 amide bonds. The molecule has 0 saturated carbocycles. The van der Waals surface area contributed by atoms with Crippen LogP contribution in [-0.2, 0) is 12.8 Å². The molecule has 92 valence electrons. The van der Waals surface area contributed by atoms with E-state index in [1.165, 1.54) is 5.56 Å². The Morgan fingerprint density at radius 1 is 1.35 bits per heavy atom. The van der Waals surface area contributed by atoms with Crippen LogP contribution in [0.4, 0.5) is 0 Å². The van der Waals surface area contributed by atoms with Crippen LogP contribution >= 0.6 is 0 Å². The highest BCUT2D eigenvalue weighted by molar-refractivity contribution is 5.73. The number of rotatable bonds is 5. The van der Waals surface area contributed by atoms with Gasteiger partial charge in [-0.05, 0) is 30.5 Å². The van der Waals surface area contributed by atoms with Crippen molar-refractivity contribution in [3.05, 3.63) is 29.7 Å². The monoisotopic (exact) mass is 232 g/mol. The van der Waals surface area contributed by atoms with Gasteiger partial charge in [0.2, 0.25) is 0 Å². The van der Waals surface area contributed by atoms with E-state index >= 15 is 0 Å². The van der Waals surface area contributed by atoms with Crippen molar-refractivity contribution in [3.63, 3.8) is 0 Å². The van der Waals surface area contributed by atoms with Gasteiger partial charge in [-0.25, -0.2) is 4.98 Å². The van der Waals surface area contributed by atoms with Gasteiger partial charge in [0, 0.05) is 12.5 Å². The number of nitrogens with zero attached hydrogens (tertiary/aromatic N) is 1. The highest BCUT2D eigenvalue weighted by atomic mass is 16.3. The van der Waals surface area contributed by atoms with Crippen LogP contribution in [0.3, 0.4) is 0 Å². The largest absolute Gasteiger partial charge is 0.441 e. The molecule has 0 aliphatic rings. The number of hydrogen-bond acceptors (Lipinski definition) is 3. The Kier molecular flexibility index (Phi) is 3.79. The molecule has 0 saturated heterocycles. The lowest BCUT2D eigenvalue weighted by Crippen LogP contribution is -2.22. The van der Waals surface area contributed by atoms with Gasteiger partial charge in [-0.3, -0.25) is 0 Å². The summed E-state index contributed by atoms with van der Waals surface area (Å²) in [7, 11) is 0. The van der Waals surface area contributed by atoms with Crippen molar-refractivity contribution in [2.24, 2.45) is 5.73 Å². The first-order valence-corrected chi connectivity index (χ1v) is 6.36. The lowest BCUT2D eigenvalue weighted by molar-refractivity contribution is 0.481. The second kappa shape index (κ2) is 5.32. The molecule has 1 heterocycles. The second-order valence-electron chi connectivity index (χ2n) is 4.52. The van der Waals surface area contributed by atoms with E-state index in [4.69, 9.17) is 10.2 Å². The molecule has 0 spiro atoms. The van der Waals surface area contributed by atoms with Gasteiger partial charge in [0.15, 0.2) is 11.5 Å². The molecule has 3 heteroatoms. The molecular formula is C14H20N2O. The molecule has 1 atom stereocenters. The summed E-state index contributed by atoms with van der Waals surface area (Å²) in [5, 5.41) is 0. The topological polar surface area (TPSA) is 52.0 Å². The molecule has 2 N–H and O–H groups in total. The quantitative estimate of drug-likeness (QED) is 0.862. The van der Waals surface area contributed by atoms with Crippen molar-refractivity contribution >= 4 is 11.1 Å². The molecular weight excluding hydrogens is 212 g/mol. The molecule has 1 aromatic heterocycles. The normalized spacial score (nSPS) is 13.1. The maximum absolute atomic E-state index is 5.99. The van der Waals surface area contributed by atoms with Crippen LogP contribution < -0.4 is 5.73 Å². The van der Waals surface area contributed by atoms with Crippen LogP contribution in [0.5, 0.6) is 0 Å². The minimum Gasteiger partial charge on any atom is -0.441 e. The number of nitrogens with two attached hydrogens (primary N) is 1. The Bertz CT molecular complexity index is 490. The SMILES string of the molecule is CCCC(N)Cc1nc2cc(CC)ccc2o1. The first-order valence-electron chi connectivity index (χ1n) is 6.36. The van der Waals surface area contributed by atoms with Gasteiger partial charge in [0.05, 0.1) is 0 Å². The van der Waals surface area contributed by atoms with E-state index in [-0.39, 0.29) is 6.04 Å². The minimum absolute atomic E-state index is 0.152. The maximum atomic E-state index is 5.99. The fourth-order valence-electron chi connectivity index (χ4n) is 2.03. The molecule has 0 aliphatic heterocycles. The third-order valence-corrected chi connectivity index (χ3v) is 3.00. The number of fused-ring (bicyclic) bond motifs is 1. The van der Waals surface area contributed by atoms with Crippen molar-refractivity contribution in [2.75, 3.05) is 0 Å². The van der Waals surface area contributed by atoms with E-state index in [2.05, 4.69) is 31.0 Å². The molecule has 0 bridgehead atoms. The summed E-state index contributed by atoms with van der Waals surface area (Å²) in [5.41, 5.74) is 9.09. The molecule has 0 radical (unpaired) electrons. The van der Waals surface area contributed by atoms with Gasteiger partial charge < -0.3 is 10.2 Å². The molecule has 17 heavy (non-hydrogen) atoms. The third-order valence-electron chi connectivity index (χ3n) is 3.00. The van der Waals surface area contributed by atoms with Gasteiger partial charge in [-0.1, -0.05) is 26.3 Å². The van der Waals surface area contributed by atoms with Crippen molar-refractivity contribution in [2.45, 2.75) is 45.6 Å². The van der Waals surface area contributed by atoms with Gasteiger partial charge in [-0.2, -0.15) is 0 Å². The van der Waals surface area contributed by atoms with Gasteiger partial charge >= 0.3 is 0 Å². The van der Waals surface area contributed by atoms with Crippen molar-refractivity contribution < 1.29 is 4.42 Å². The summed E-state index contributed by atoms with van der Waals surface area (Å²) in [5.74, 6) is 0.759. The van der Waals surface area contributed by atoms with Gasteiger partial charge in [-0.15, -0.1) is 0 Å². The zero-order valence-corrected chi connectivity index (χ0v) is 10.6. The predicted octanol–water partition coefficient (Wildman–Crippen LogP) is 3.06. The number of benzene rings is 1. The Labute approximate surface area is 102 Å². The lowest BCUT2D eigenvalue weighted by atomic mass is 10.1. The standard InChI is InChI=1S/C14H20N2O/c1-3-5-11(15)9-14-16-12-8-10(4-2)6-7-13(12)17-14/h6-8,11H,3-5,9,15H2,1-2H3. The lowest BCUT2D eigenvalue weighted by Gasteiger charge is -2.05. The third kappa shape index (κ3) is 2.86. The molecule has 0 aliphatic carbocycles. The fourth-order valence-corrected chi connectivity index (χ4v) is 2.03. The van der Waals surface area contributed by atoms with Crippen molar-refractivity contribution in [1.82, 2.24) is 4.98 Å². The zero-order valence-electron chi connectivity index (χ0n) is 10.6. The minimum atomic E-state index is 0.152. The van der Waals surface area contributed by atoms with E-state index < -0.39 is 0 Å². The zero-order chi connectivity index (χ0) is 12.3. The molecule has 1 unspecified atom stereocenters. The highest BCUT2D eigenvalue weighted by Crippen LogP contribution is 2.18. The Morgan fingerprint density at radius 2 is 2.18 bits per heavy atom. The summed E-state index contributed by atoms with van der Waals surface area (Å²) in [6.07, 6.45) is 3.86.